The van der Waals surface area contributed by atoms with Crippen LogP contribution in [0.4, 0.5) is 5.69 Å². The van der Waals surface area contributed by atoms with Gasteiger partial charge in [-0.05, 0) is 42.7 Å². The van der Waals surface area contributed by atoms with Crippen molar-refractivity contribution < 1.29 is 14.3 Å². The molecular weight excluding hydrogens is 314 g/mol. The molecule has 1 aliphatic rings. The third-order valence-electron chi connectivity index (χ3n) is 3.80. The van der Waals surface area contributed by atoms with Crippen molar-refractivity contribution in [2.24, 2.45) is 0 Å². The smallest absolute Gasteiger partial charge is 0.338 e. The van der Waals surface area contributed by atoms with Crippen molar-refractivity contribution in [2.45, 2.75) is 12.8 Å². The normalized spacial score (nSPS) is 13.3. The molecule has 2 aromatic rings. The van der Waals surface area contributed by atoms with E-state index in [0.29, 0.717) is 17.1 Å². The Morgan fingerprint density at radius 1 is 1.13 bits per heavy atom. The summed E-state index contributed by atoms with van der Waals surface area (Å²) in [6.07, 6.45) is 1.87. The second-order valence-electron chi connectivity index (χ2n) is 5.36. The number of carbonyl (C=O) groups is 2. The van der Waals surface area contributed by atoms with Gasteiger partial charge in [0, 0.05) is 17.3 Å². The number of halogens is 1. The SMILES string of the molecule is O=C(OCC(=O)N1CCCc2ccccc21)c1cccc(Cl)c1. The topological polar surface area (TPSA) is 46.6 Å². The van der Waals surface area contributed by atoms with E-state index in [9.17, 15) is 9.59 Å². The summed E-state index contributed by atoms with van der Waals surface area (Å²) in [5, 5.41) is 0.454. The van der Waals surface area contributed by atoms with E-state index < -0.39 is 5.97 Å². The molecule has 0 aromatic heterocycles. The molecule has 4 nitrogen and oxygen atoms in total. The van der Waals surface area contributed by atoms with Gasteiger partial charge in [-0.2, -0.15) is 0 Å². The van der Waals surface area contributed by atoms with Crippen LogP contribution in [-0.4, -0.2) is 25.0 Å². The molecule has 0 bridgehead atoms. The number of fused-ring (bicyclic) bond motifs is 1. The van der Waals surface area contributed by atoms with Crippen molar-refractivity contribution in [3.8, 4) is 0 Å². The van der Waals surface area contributed by atoms with E-state index in [1.807, 2.05) is 24.3 Å². The van der Waals surface area contributed by atoms with Crippen molar-refractivity contribution in [1.29, 1.82) is 0 Å². The molecule has 0 saturated carbocycles. The van der Waals surface area contributed by atoms with Crippen LogP contribution in [-0.2, 0) is 16.0 Å². The van der Waals surface area contributed by atoms with Crippen LogP contribution in [0, 0.1) is 0 Å². The van der Waals surface area contributed by atoms with Gasteiger partial charge in [0.1, 0.15) is 0 Å². The number of amides is 1. The summed E-state index contributed by atoms with van der Waals surface area (Å²) in [7, 11) is 0. The van der Waals surface area contributed by atoms with Crippen molar-refractivity contribution in [2.75, 3.05) is 18.1 Å². The van der Waals surface area contributed by atoms with Crippen LogP contribution in [0.2, 0.25) is 5.02 Å². The van der Waals surface area contributed by atoms with E-state index in [1.165, 1.54) is 6.07 Å². The lowest BCUT2D eigenvalue weighted by Gasteiger charge is -2.29. The first-order valence-electron chi connectivity index (χ1n) is 7.46. The third kappa shape index (κ3) is 3.54. The van der Waals surface area contributed by atoms with Gasteiger partial charge >= 0.3 is 5.97 Å². The Morgan fingerprint density at radius 2 is 1.96 bits per heavy atom. The van der Waals surface area contributed by atoms with Gasteiger partial charge in [-0.3, -0.25) is 4.79 Å². The van der Waals surface area contributed by atoms with Crippen molar-refractivity contribution in [3.05, 3.63) is 64.7 Å². The molecule has 0 aliphatic carbocycles. The van der Waals surface area contributed by atoms with Crippen molar-refractivity contribution in [1.82, 2.24) is 0 Å². The molecule has 1 aliphatic heterocycles. The number of ether oxygens (including phenoxy) is 1. The van der Waals surface area contributed by atoms with Crippen LogP contribution in [0.15, 0.2) is 48.5 Å². The Labute approximate surface area is 139 Å². The second kappa shape index (κ2) is 6.84. The molecule has 1 amide bonds. The number of nitrogens with zero attached hydrogens (tertiary/aromatic N) is 1. The van der Waals surface area contributed by atoms with Crippen LogP contribution >= 0.6 is 11.6 Å². The molecule has 0 radical (unpaired) electrons. The summed E-state index contributed by atoms with van der Waals surface area (Å²) in [6, 6.07) is 14.3. The van der Waals surface area contributed by atoms with E-state index in [4.69, 9.17) is 16.3 Å². The Bertz CT molecular complexity index is 745. The molecule has 5 heteroatoms. The van der Waals surface area contributed by atoms with Gasteiger partial charge in [-0.15, -0.1) is 0 Å². The summed E-state index contributed by atoms with van der Waals surface area (Å²) < 4.78 is 5.12. The largest absolute Gasteiger partial charge is 0.452 e. The Morgan fingerprint density at radius 3 is 2.78 bits per heavy atom. The zero-order valence-corrected chi connectivity index (χ0v) is 13.3. The zero-order chi connectivity index (χ0) is 16.2. The van der Waals surface area contributed by atoms with Gasteiger partial charge < -0.3 is 9.64 Å². The van der Waals surface area contributed by atoms with Gasteiger partial charge in [0.2, 0.25) is 0 Å². The van der Waals surface area contributed by atoms with Crippen LogP contribution in [0.25, 0.3) is 0 Å². The molecular formula is C18H16ClNO3. The van der Waals surface area contributed by atoms with Crippen LogP contribution in [0.5, 0.6) is 0 Å². The first-order chi connectivity index (χ1) is 11.1. The van der Waals surface area contributed by atoms with E-state index in [-0.39, 0.29) is 12.5 Å². The number of carbonyl (C=O) groups excluding carboxylic acids is 2. The molecule has 2 aromatic carbocycles. The number of rotatable bonds is 3. The molecule has 1 heterocycles. The van der Waals surface area contributed by atoms with E-state index in [2.05, 4.69) is 0 Å². The van der Waals surface area contributed by atoms with E-state index >= 15 is 0 Å². The highest BCUT2D eigenvalue weighted by Crippen LogP contribution is 2.26. The standard InChI is InChI=1S/C18H16ClNO3/c19-15-8-3-6-14(11-15)18(22)23-12-17(21)20-10-4-7-13-5-1-2-9-16(13)20/h1-3,5-6,8-9,11H,4,7,10,12H2. The molecule has 118 valence electrons. The maximum absolute atomic E-state index is 12.4. The molecule has 0 atom stereocenters. The lowest BCUT2D eigenvalue weighted by atomic mass is 10.0. The highest BCUT2D eigenvalue weighted by Gasteiger charge is 2.23. The fraction of sp³-hybridized carbons (Fsp3) is 0.222. The molecule has 0 saturated heterocycles. The van der Waals surface area contributed by atoms with Crippen LogP contribution < -0.4 is 4.90 Å². The van der Waals surface area contributed by atoms with Gasteiger partial charge in [0.15, 0.2) is 6.61 Å². The minimum Gasteiger partial charge on any atom is -0.452 e. The third-order valence-corrected chi connectivity index (χ3v) is 4.03. The van der Waals surface area contributed by atoms with E-state index in [0.717, 1.165) is 24.1 Å². The quantitative estimate of drug-likeness (QED) is 0.810. The molecule has 0 N–H and O–H groups in total. The number of para-hydroxylation sites is 1. The van der Waals surface area contributed by atoms with E-state index in [1.54, 1.807) is 23.1 Å². The van der Waals surface area contributed by atoms with Crippen molar-refractivity contribution in [3.63, 3.8) is 0 Å². The summed E-state index contributed by atoms with van der Waals surface area (Å²) in [5.41, 5.74) is 2.39. The Kier molecular flexibility index (Phi) is 4.63. The average Bonchev–Trinajstić information content (AvgIpc) is 2.59. The predicted octanol–water partition coefficient (Wildman–Crippen LogP) is 3.48. The van der Waals surface area contributed by atoms with Gasteiger partial charge in [0.05, 0.1) is 5.56 Å². The lowest BCUT2D eigenvalue weighted by molar-refractivity contribution is -0.121. The van der Waals surface area contributed by atoms with Crippen LogP contribution in [0.1, 0.15) is 22.3 Å². The predicted molar refractivity (Wildman–Crippen MR) is 88.9 cm³/mol. The van der Waals surface area contributed by atoms with Crippen LogP contribution in [0.3, 0.4) is 0 Å². The average molecular weight is 330 g/mol. The fourth-order valence-corrected chi connectivity index (χ4v) is 2.89. The molecule has 0 spiro atoms. The minimum absolute atomic E-state index is 0.215. The number of hydrogen-bond donors (Lipinski definition) is 0. The summed E-state index contributed by atoms with van der Waals surface area (Å²) in [4.78, 5) is 26.0. The summed E-state index contributed by atoms with van der Waals surface area (Å²) in [6.45, 7) is 0.365. The maximum atomic E-state index is 12.4. The van der Waals surface area contributed by atoms with Gasteiger partial charge in [-0.25, -0.2) is 4.79 Å². The summed E-state index contributed by atoms with van der Waals surface area (Å²) in [5.74, 6) is -0.765. The number of esters is 1. The highest BCUT2D eigenvalue weighted by molar-refractivity contribution is 6.30. The molecule has 0 fully saturated rings. The number of anilines is 1. The Hall–Kier alpha value is -2.33. The Balaban J connectivity index is 1.65. The number of benzene rings is 2. The van der Waals surface area contributed by atoms with Gasteiger partial charge in [-0.1, -0.05) is 35.9 Å². The maximum Gasteiger partial charge on any atom is 0.338 e. The minimum atomic E-state index is -0.550. The lowest BCUT2D eigenvalue weighted by Crippen LogP contribution is -2.38. The second-order valence-corrected chi connectivity index (χ2v) is 5.80. The number of aryl methyl sites for hydroxylation is 1. The number of hydrogen-bond acceptors (Lipinski definition) is 3. The zero-order valence-electron chi connectivity index (χ0n) is 12.5. The molecule has 0 unspecified atom stereocenters. The first-order valence-corrected chi connectivity index (χ1v) is 7.84. The molecule has 3 rings (SSSR count). The fourth-order valence-electron chi connectivity index (χ4n) is 2.70. The van der Waals surface area contributed by atoms with Crippen molar-refractivity contribution >= 4 is 29.2 Å². The summed E-state index contributed by atoms with van der Waals surface area (Å²) >= 11 is 5.85. The highest BCUT2D eigenvalue weighted by atomic mass is 35.5. The molecule has 23 heavy (non-hydrogen) atoms. The first kappa shape index (κ1) is 15.6. The monoisotopic (exact) mass is 329 g/mol. The van der Waals surface area contributed by atoms with Gasteiger partial charge in [0.25, 0.3) is 5.91 Å².